The number of rotatable bonds is 3. The minimum Gasteiger partial charge on any atom is -0.463 e. The van der Waals surface area contributed by atoms with E-state index in [9.17, 15) is 0 Å². The van der Waals surface area contributed by atoms with Crippen molar-refractivity contribution in [2.24, 2.45) is 0 Å². The summed E-state index contributed by atoms with van der Waals surface area (Å²) in [6, 6.07) is 13.1. The van der Waals surface area contributed by atoms with Gasteiger partial charge in [-0.1, -0.05) is 21.1 Å². The molecule has 3 heterocycles. The molecule has 0 unspecified atom stereocenters. The second kappa shape index (κ2) is 5.27. The highest BCUT2D eigenvalue weighted by Crippen LogP contribution is 2.25. The van der Waals surface area contributed by atoms with Crippen LogP contribution in [0, 0.1) is 0 Å². The lowest BCUT2D eigenvalue weighted by atomic mass is 10.2. The predicted molar refractivity (Wildman–Crippen MR) is 82.7 cm³/mol. The molecule has 4 rings (SSSR count). The van der Waals surface area contributed by atoms with E-state index in [1.54, 1.807) is 12.3 Å². The van der Waals surface area contributed by atoms with Gasteiger partial charge in [0.15, 0.2) is 5.76 Å². The number of halogens is 1. The summed E-state index contributed by atoms with van der Waals surface area (Å²) in [6.45, 7) is 0. The Kier molecular flexibility index (Phi) is 3.12. The number of aromatic nitrogens is 4. The van der Waals surface area contributed by atoms with E-state index < -0.39 is 0 Å². The van der Waals surface area contributed by atoms with Gasteiger partial charge in [0, 0.05) is 16.1 Å². The highest BCUT2D eigenvalue weighted by atomic mass is 79.9. The number of nitrogens with zero attached hydrogens (tertiary/aromatic N) is 3. The smallest absolute Gasteiger partial charge is 0.276 e. The Balaban J connectivity index is 1.65. The van der Waals surface area contributed by atoms with Crippen LogP contribution in [0.3, 0.4) is 0 Å². The molecule has 1 aromatic carbocycles. The van der Waals surface area contributed by atoms with Crippen LogP contribution in [0.15, 0.2) is 62.1 Å². The minimum atomic E-state index is 0.378. The molecule has 0 saturated heterocycles. The Morgan fingerprint density at radius 3 is 2.73 bits per heavy atom. The first-order valence-electron chi connectivity index (χ1n) is 6.49. The molecular formula is C15H9BrN4O2. The van der Waals surface area contributed by atoms with Gasteiger partial charge in [0.1, 0.15) is 11.4 Å². The van der Waals surface area contributed by atoms with Crippen LogP contribution in [0.2, 0.25) is 0 Å². The number of hydrogen-bond donors (Lipinski definition) is 1. The van der Waals surface area contributed by atoms with Crippen LogP contribution < -0.4 is 0 Å². The molecule has 4 aromatic rings. The van der Waals surface area contributed by atoms with Gasteiger partial charge in [-0.3, -0.25) is 5.10 Å². The molecular weight excluding hydrogens is 348 g/mol. The summed E-state index contributed by atoms with van der Waals surface area (Å²) in [5.74, 6) is 1.58. The Labute approximate surface area is 133 Å². The van der Waals surface area contributed by atoms with Crippen LogP contribution >= 0.6 is 15.9 Å². The van der Waals surface area contributed by atoms with Crippen molar-refractivity contribution in [2.75, 3.05) is 0 Å². The molecule has 0 atom stereocenters. The average molecular weight is 357 g/mol. The van der Waals surface area contributed by atoms with E-state index in [-0.39, 0.29) is 0 Å². The highest BCUT2D eigenvalue weighted by molar-refractivity contribution is 9.10. The second-order valence-corrected chi connectivity index (χ2v) is 5.49. The van der Waals surface area contributed by atoms with Crippen molar-refractivity contribution in [1.29, 1.82) is 0 Å². The van der Waals surface area contributed by atoms with Gasteiger partial charge in [0.2, 0.25) is 5.82 Å². The van der Waals surface area contributed by atoms with Crippen LogP contribution in [-0.4, -0.2) is 20.3 Å². The molecule has 0 aliphatic rings. The first-order valence-corrected chi connectivity index (χ1v) is 7.28. The first kappa shape index (κ1) is 13.0. The minimum absolute atomic E-state index is 0.378. The lowest BCUT2D eigenvalue weighted by Crippen LogP contribution is -1.81. The summed E-state index contributed by atoms with van der Waals surface area (Å²) in [7, 11) is 0. The molecule has 0 saturated carbocycles. The molecule has 108 valence electrons. The lowest BCUT2D eigenvalue weighted by Gasteiger charge is -1.93. The first-order chi connectivity index (χ1) is 10.8. The van der Waals surface area contributed by atoms with Gasteiger partial charge in [0.05, 0.1) is 6.26 Å². The van der Waals surface area contributed by atoms with Crippen LogP contribution in [0.25, 0.3) is 34.4 Å². The summed E-state index contributed by atoms with van der Waals surface area (Å²) in [6.07, 6.45) is 1.60. The molecule has 0 fully saturated rings. The van der Waals surface area contributed by atoms with Crippen LogP contribution in [0.4, 0.5) is 0 Å². The number of benzene rings is 1. The van der Waals surface area contributed by atoms with E-state index >= 15 is 0 Å². The number of nitrogens with one attached hydrogen (secondary N) is 1. The van der Waals surface area contributed by atoms with Crippen molar-refractivity contribution in [2.45, 2.75) is 0 Å². The van der Waals surface area contributed by atoms with Gasteiger partial charge in [-0.15, -0.1) is 0 Å². The van der Waals surface area contributed by atoms with E-state index in [4.69, 9.17) is 8.94 Å². The van der Waals surface area contributed by atoms with Crippen molar-refractivity contribution in [1.82, 2.24) is 20.3 Å². The summed E-state index contributed by atoms with van der Waals surface area (Å²) in [5.41, 5.74) is 2.20. The maximum Gasteiger partial charge on any atom is 0.276 e. The van der Waals surface area contributed by atoms with E-state index in [0.29, 0.717) is 28.9 Å². The van der Waals surface area contributed by atoms with E-state index in [1.807, 2.05) is 36.4 Å². The van der Waals surface area contributed by atoms with Crippen LogP contribution in [0.1, 0.15) is 0 Å². The number of aromatic amines is 1. The lowest BCUT2D eigenvalue weighted by molar-refractivity contribution is 0.431. The second-order valence-electron chi connectivity index (χ2n) is 4.57. The molecule has 0 aliphatic carbocycles. The molecule has 0 spiro atoms. The van der Waals surface area contributed by atoms with E-state index in [2.05, 4.69) is 36.3 Å². The molecule has 7 heteroatoms. The monoisotopic (exact) mass is 356 g/mol. The van der Waals surface area contributed by atoms with Crippen molar-refractivity contribution in [3.63, 3.8) is 0 Å². The third kappa shape index (κ3) is 2.35. The number of furan rings is 1. The fourth-order valence-electron chi connectivity index (χ4n) is 2.03. The zero-order valence-corrected chi connectivity index (χ0v) is 12.7. The van der Waals surface area contributed by atoms with E-state index in [1.165, 1.54) is 0 Å². The summed E-state index contributed by atoms with van der Waals surface area (Å²) >= 11 is 3.40. The molecule has 0 aliphatic heterocycles. The van der Waals surface area contributed by atoms with Crippen molar-refractivity contribution in [3.05, 3.63) is 53.2 Å². The Bertz CT molecular complexity index is 894. The molecule has 1 N–H and O–H groups in total. The van der Waals surface area contributed by atoms with Gasteiger partial charge in [-0.05, 0) is 36.4 Å². The fraction of sp³-hybridized carbons (Fsp3) is 0. The van der Waals surface area contributed by atoms with Gasteiger partial charge >= 0.3 is 0 Å². The largest absolute Gasteiger partial charge is 0.463 e. The average Bonchev–Trinajstić information content (AvgIpc) is 3.27. The third-order valence-electron chi connectivity index (χ3n) is 3.11. The molecule has 3 aromatic heterocycles. The summed E-state index contributed by atoms with van der Waals surface area (Å²) < 4.78 is 11.6. The molecule has 0 radical (unpaired) electrons. The Hall–Kier alpha value is -2.67. The van der Waals surface area contributed by atoms with Gasteiger partial charge in [-0.2, -0.15) is 10.1 Å². The van der Waals surface area contributed by atoms with Crippen LogP contribution in [0.5, 0.6) is 0 Å². The quantitative estimate of drug-likeness (QED) is 0.596. The summed E-state index contributed by atoms with van der Waals surface area (Å²) in [5, 5.41) is 11.0. The van der Waals surface area contributed by atoms with Crippen molar-refractivity contribution < 1.29 is 8.94 Å². The third-order valence-corrected chi connectivity index (χ3v) is 3.64. The zero-order valence-electron chi connectivity index (χ0n) is 11.2. The Morgan fingerprint density at radius 1 is 1.09 bits per heavy atom. The molecule has 0 bridgehead atoms. The summed E-state index contributed by atoms with van der Waals surface area (Å²) in [4.78, 5) is 4.38. The van der Waals surface area contributed by atoms with Crippen LogP contribution in [-0.2, 0) is 0 Å². The number of hydrogen-bond acceptors (Lipinski definition) is 5. The fourth-order valence-corrected chi connectivity index (χ4v) is 2.30. The van der Waals surface area contributed by atoms with Crippen molar-refractivity contribution >= 4 is 15.9 Å². The van der Waals surface area contributed by atoms with Crippen molar-refractivity contribution in [3.8, 4) is 34.4 Å². The zero-order chi connectivity index (χ0) is 14.9. The maximum atomic E-state index is 5.30. The van der Waals surface area contributed by atoms with Gasteiger partial charge in [0.25, 0.3) is 5.89 Å². The normalized spacial score (nSPS) is 11.0. The highest BCUT2D eigenvalue weighted by Gasteiger charge is 2.14. The maximum absolute atomic E-state index is 5.30. The molecule has 22 heavy (non-hydrogen) atoms. The number of H-pyrrole nitrogens is 1. The van der Waals surface area contributed by atoms with E-state index in [0.717, 1.165) is 10.0 Å². The van der Waals surface area contributed by atoms with Gasteiger partial charge in [-0.25, -0.2) is 0 Å². The Morgan fingerprint density at radius 2 is 1.95 bits per heavy atom. The predicted octanol–water partition coefficient (Wildman–Crippen LogP) is 4.15. The standard InChI is InChI=1S/C15H9BrN4O2/c16-10-5-3-9(4-6-10)14-17-15(22-20-14)12-8-11(18-19-12)13-2-1-7-21-13/h1-8H,(H,18,19). The molecule has 0 amide bonds. The topological polar surface area (TPSA) is 80.7 Å². The van der Waals surface area contributed by atoms with Gasteiger partial charge < -0.3 is 8.94 Å². The molecule has 6 nitrogen and oxygen atoms in total. The SMILES string of the molecule is Brc1ccc(-c2noc(-c3cc(-c4ccco4)n[nH]3)n2)cc1.